The molecule has 3 aliphatic heterocycles. The number of anilines is 2. The van der Waals surface area contributed by atoms with Gasteiger partial charge in [0.15, 0.2) is 9.84 Å². The molecule has 11 heteroatoms. The van der Waals surface area contributed by atoms with Crippen LogP contribution in [0.15, 0.2) is 65.6 Å². The maximum absolute atomic E-state index is 16.0. The van der Waals surface area contributed by atoms with Crippen LogP contribution in [0.4, 0.5) is 15.8 Å². The van der Waals surface area contributed by atoms with Gasteiger partial charge in [0.2, 0.25) is 11.8 Å². The summed E-state index contributed by atoms with van der Waals surface area (Å²) in [4.78, 5) is 32.9. The fourth-order valence-electron chi connectivity index (χ4n) is 7.36. The van der Waals surface area contributed by atoms with Crippen molar-refractivity contribution in [1.82, 2.24) is 4.90 Å². The van der Waals surface area contributed by atoms with E-state index in [4.69, 9.17) is 23.2 Å². The molecule has 0 bridgehead atoms. The van der Waals surface area contributed by atoms with E-state index >= 15 is 4.39 Å². The summed E-state index contributed by atoms with van der Waals surface area (Å²) < 4.78 is 40.1. The van der Waals surface area contributed by atoms with Crippen molar-refractivity contribution in [3.8, 4) is 0 Å². The minimum absolute atomic E-state index is 0.0777. The minimum atomic E-state index is -3.42. The number of piperidine rings is 1. The van der Waals surface area contributed by atoms with Gasteiger partial charge in [0.05, 0.1) is 15.8 Å². The third-order valence-corrected chi connectivity index (χ3v) is 11.0. The van der Waals surface area contributed by atoms with Crippen LogP contribution in [-0.4, -0.2) is 50.5 Å². The normalized spacial score (nSPS) is 27.3. The molecule has 1 saturated carbocycles. The lowest BCUT2D eigenvalue weighted by Crippen LogP contribution is -2.54. The van der Waals surface area contributed by atoms with E-state index in [0.29, 0.717) is 47.4 Å². The molecule has 4 aliphatic rings. The molecule has 1 spiro atoms. The number of halogens is 3. The highest BCUT2D eigenvalue weighted by atomic mass is 35.5. The summed E-state index contributed by atoms with van der Waals surface area (Å²) in [5.74, 6) is -2.47. The van der Waals surface area contributed by atoms with Crippen molar-refractivity contribution in [3.63, 3.8) is 0 Å². The number of hydrogen-bond acceptors (Lipinski definition) is 5. The number of hydrogen-bond donors (Lipinski definition) is 1. The second-order valence-electron chi connectivity index (χ2n) is 11.8. The first-order valence-corrected chi connectivity index (χ1v) is 16.6. The lowest BCUT2D eigenvalue weighted by molar-refractivity contribution is -0.128. The van der Waals surface area contributed by atoms with E-state index in [-0.39, 0.29) is 33.3 Å². The Kier molecular flexibility index (Phi) is 6.48. The van der Waals surface area contributed by atoms with Crippen molar-refractivity contribution in [2.45, 2.75) is 41.7 Å². The average molecular weight is 629 g/mol. The molecule has 0 unspecified atom stereocenters. The topological polar surface area (TPSA) is 86.8 Å². The van der Waals surface area contributed by atoms with Gasteiger partial charge in [-0.2, -0.15) is 0 Å². The fourth-order valence-corrected chi connectivity index (χ4v) is 8.35. The van der Waals surface area contributed by atoms with E-state index in [9.17, 15) is 18.0 Å². The third-order valence-electron chi connectivity index (χ3n) is 9.31. The zero-order valence-electron chi connectivity index (χ0n) is 22.7. The molecular weight excluding hydrogens is 600 g/mol. The van der Waals surface area contributed by atoms with Crippen LogP contribution in [0.3, 0.4) is 0 Å². The van der Waals surface area contributed by atoms with Crippen LogP contribution in [0, 0.1) is 17.7 Å². The maximum Gasteiger partial charge on any atom is 0.250 e. The lowest BCUT2D eigenvalue weighted by atomic mass is 9.70. The third kappa shape index (κ3) is 4.12. The van der Waals surface area contributed by atoms with Crippen molar-refractivity contribution in [1.29, 1.82) is 0 Å². The molecule has 2 saturated heterocycles. The second-order valence-corrected chi connectivity index (χ2v) is 14.6. The highest BCUT2D eigenvalue weighted by molar-refractivity contribution is 7.90. The van der Waals surface area contributed by atoms with Crippen LogP contribution in [0.25, 0.3) is 0 Å². The molecular formula is C31H28Cl2FN3O4S. The largest absolute Gasteiger partial charge is 0.324 e. The Hall–Kier alpha value is -2.98. The second kappa shape index (κ2) is 9.77. The van der Waals surface area contributed by atoms with Crippen LogP contribution in [-0.2, 0) is 25.0 Å². The number of amides is 2. The van der Waals surface area contributed by atoms with Crippen molar-refractivity contribution in [2.24, 2.45) is 11.8 Å². The van der Waals surface area contributed by atoms with Crippen LogP contribution in [0.1, 0.15) is 36.3 Å². The Morgan fingerprint density at radius 2 is 1.76 bits per heavy atom. The van der Waals surface area contributed by atoms with Gasteiger partial charge in [-0.3, -0.25) is 14.5 Å². The summed E-state index contributed by atoms with van der Waals surface area (Å²) in [6.07, 6.45) is 3.74. The van der Waals surface area contributed by atoms with Gasteiger partial charge < -0.3 is 10.2 Å². The summed E-state index contributed by atoms with van der Waals surface area (Å²) in [5, 5.41) is 3.40. The first-order chi connectivity index (χ1) is 20.0. The van der Waals surface area contributed by atoms with Crippen LogP contribution in [0.5, 0.6) is 0 Å². The van der Waals surface area contributed by atoms with Gasteiger partial charge in [0, 0.05) is 53.3 Å². The monoisotopic (exact) mass is 627 g/mol. The Morgan fingerprint density at radius 3 is 2.45 bits per heavy atom. The summed E-state index contributed by atoms with van der Waals surface area (Å²) >= 11 is 12.6. The number of nitrogens with zero attached hydrogens (tertiary/aromatic N) is 2. The summed E-state index contributed by atoms with van der Waals surface area (Å²) in [6, 6.07) is 15.8. The van der Waals surface area contributed by atoms with Gasteiger partial charge >= 0.3 is 0 Å². The first kappa shape index (κ1) is 27.8. The number of carbonyl (C=O) groups excluding carboxylic acids is 2. The zero-order chi connectivity index (χ0) is 29.6. The number of rotatable bonds is 5. The van der Waals surface area contributed by atoms with Crippen LogP contribution < -0.4 is 10.2 Å². The van der Waals surface area contributed by atoms with Crippen LogP contribution in [0.2, 0.25) is 10.0 Å². The highest BCUT2D eigenvalue weighted by Gasteiger charge is 2.70. The number of nitrogens with one attached hydrogen (secondary N) is 1. The maximum atomic E-state index is 16.0. The van der Waals surface area contributed by atoms with Crippen molar-refractivity contribution >= 4 is 56.2 Å². The van der Waals surface area contributed by atoms with Gasteiger partial charge in [0.25, 0.3) is 0 Å². The molecule has 3 heterocycles. The number of sulfone groups is 1. The lowest BCUT2D eigenvalue weighted by Gasteiger charge is -2.40. The molecule has 2 amide bonds. The molecule has 0 radical (unpaired) electrons. The van der Waals surface area contributed by atoms with E-state index in [2.05, 4.69) is 10.2 Å². The zero-order valence-corrected chi connectivity index (χ0v) is 25.0. The Balaban J connectivity index is 1.43. The molecule has 1 N–H and O–H groups in total. The Labute approximate surface area is 253 Å². The predicted octanol–water partition coefficient (Wildman–Crippen LogP) is 5.61. The van der Waals surface area contributed by atoms with E-state index in [1.807, 2.05) is 6.07 Å². The SMILES string of the molecule is CS(=O)(=O)c1ccc(N2CC[C@H]3[C@@H](C2=O)[C@H](c2cccc(Cl)c2F)[C@]2(C(=O)Nc4cc(Cl)ccc42)N3CC2CC2)cc1. The molecule has 3 fully saturated rings. The van der Waals surface area contributed by atoms with Crippen molar-refractivity contribution in [3.05, 3.63) is 87.7 Å². The Morgan fingerprint density at radius 1 is 1.02 bits per heavy atom. The van der Waals surface area contributed by atoms with E-state index < -0.39 is 33.0 Å². The van der Waals surface area contributed by atoms with Crippen molar-refractivity contribution < 1.29 is 22.4 Å². The molecule has 218 valence electrons. The molecule has 4 atom stereocenters. The molecule has 42 heavy (non-hydrogen) atoms. The van der Waals surface area contributed by atoms with Crippen LogP contribution >= 0.6 is 23.2 Å². The average Bonchev–Trinajstić information content (AvgIpc) is 3.66. The van der Waals surface area contributed by atoms with Gasteiger partial charge in [-0.15, -0.1) is 0 Å². The number of benzene rings is 3. The Bertz CT molecular complexity index is 1750. The summed E-state index contributed by atoms with van der Waals surface area (Å²) in [6.45, 7) is 0.973. The molecule has 1 aliphatic carbocycles. The van der Waals surface area contributed by atoms with Gasteiger partial charge in [0.1, 0.15) is 11.4 Å². The van der Waals surface area contributed by atoms with Gasteiger partial charge in [-0.05, 0) is 73.2 Å². The molecule has 7 nitrogen and oxygen atoms in total. The molecule has 7 rings (SSSR count). The fraction of sp³-hybridized carbons (Fsp3) is 0.355. The predicted molar refractivity (Wildman–Crippen MR) is 159 cm³/mol. The van der Waals surface area contributed by atoms with E-state index in [0.717, 1.165) is 19.1 Å². The minimum Gasteiger partial charge on any atom is -0.324 e. The smallest absolute Gasteiger partial charge is 0.250 e. The quantitative estimate of drug-likeness (QED) is 0.397. The van der Waals surface area contributed by atoms with Gasteiger partial charge in [-0.1, -0.05) is 41.4 Å². The van der Waals surface area contributed by atoms with Gasteiger partial charge in [-0.25, -0.2) is 12.8 Å². The summed E-state index contributed by atoms with van der Waals surface area (Å²) in [5.41, 5.74) is 0.647. The van der Waals surface area contributed by atoms with E-state index in [1.165, 1.54) is 18.2 Å². The molecule has 0 aromatic heterocycles. The highest BCUT2D eigenvalue weighted by Crippen LogP contribution is 2.62. The summed E-state index contributed by atoms with van der Waals surface area (Å²) in [7, 11) is -3.42. The number of fused-ring (bicyclic) bond motifs is 3. The standard InChI is InChI=1S/C31H28Cl2FN3O4S/c1-42(40,41)20-10-8-19(9-11-20)36-14-13-25-26(29(36)38)27(21-3-2-4-23(33)28(21)34)31(37(25)16-17-5-6-17)22-12-7-18(32)15-24(22)35-30(31)39/h2-4,7-12,15,17,25-27H,5-6,13-14,16H2,1H3,(H,35,39)/t25-,26+,27-,31+/m0/s1. The first-order valence-electron chi connectivity index (χ1n) is 14.0. The molecule has 3 aromatic carbocycles. The number of likely N-dealkylation sites (tertiary alicyclic amines) is 1. The van der Waals surface area contributed by atoms with E-state index in [1.54, 1.807) is 41.3 Å². The molecule has 3 aromatic rings. The van der Waals surface area contributed by atoms with Crippen molar-refractivity contribution in [2.75, 3.05) is 29.6 Å². The number of carbonyl (C=O) groups is 2.